The highest BCUT2D eigenvalue weighted by atomic mass is 35.5. The van der Waals surface area contributed by atoms with Gasteiger partial charge in [-0.25, -0.2) is 4.79 Å². The molecule has 1 aliphatic carbocycles. The van der Waals surface area contributed by atoms with Crippen molar-refractivity contribution in [3.05, 3.63) is 28.8 Å². The first-order chi connectivity index (χ1) is 8.04. The van der Waals surface area contributed by atoms with Gasteiger partial charge in [0.05, 0.1) is 23.4 Å². The summed E-state index contributed by atoms with van der Waals surface area (Å²) in [6.45, 7) is 0.664. The summed E-state index contributed by atoms with van der Waals surface area (Å²) < 4.78 is 4.65. The molecule has 17 heavy (non-hydrogen) atoms. The molecule has 5 heteroatoms. The average molecular weight is 255 g/mol. The van der Waals surface area contributed by atoms with E-state index in [4.69, 9.17) is 17.3 Å². The molecule has 2 rings (SSSR count). The summed E-state index contributed by atoms with van der Waals surface area (Å²) >= 11 is 6.04. The van der Waals surface area contributed by atoms with Crippen LogP contribution in [-0.2, 0) is 4.74 Å². The summed E-state index contributed by atoms with van der Waals surface area (Å²) in [5, 5.41) is 3.74. The summed E-state index contributed by atoms with van der Waals surface area (Å²) in [6.07, 6.45) is 2.04. The van der Waals surface area contributed by atoms with Crippen molar-refractivity contribution in [3.63, 3.8) is 0 Å². The molecule has 0 amide bonds. The maximum absolute atomic E-state index is 11.4. The summed E-state index contributed by atoms with van der Waals surface area (Å²) in [7, 11) is 1.35. The van der Waals surface area contributed by atoms with E-state index in [2.05, 4.69) is 10.1 Å². The first kappa shape index (κ1) is 12.2. The highest BCUT2D eigenvalue weighted by molar-refractivity contribution is 6.33. The monoisotopic (exact) mass is 254 g/mol. The highest BCUT2D eigenvalue weighted by Crippen LogP contribution is 2.33. The molecule has 0 saturated heterocycles. The third kappa shape index (κ3) is 2.90. The number of carbonyl (C=O) groups excluding carboxylic acids is 1. The van der Waals surface area contributed by atoms with E-state index in [9.17, 15) is 4.79 Å². The van der Waals surface area contributed by atoms with E-state index in [1.807, 2.05) is 0 Å². The first-order valence-corrected chi connectivity index (χ1v) is 5.82. The lowest BCUT2D eigenvalue weighted by Crippen LogP contribution is -2.31. The van der Waals surface area contributed by atoms with Gasteiger partial charge in [-0.2, -0.15) is 0 Å². The van der Waals surface area contributed by atoms with Gasteiger partial charge in [-0.15, -0.1) is 0 Å². The van der Waals surface area contributed by atoms with E-state index in [0.717, 1.165) is 12.8 Å². The molecule has 92 valence electrons. The van der Waals surface area contributed by atoms with Crippen LogP contribution >= 0.6 is 11.6 Å². The zero-order valence-corrected chi connectivity index (χ0v) is 10.4. The Kier molecular flexibility index (Phi) is 3.26. The highest BCUT2D eigenvalue weighted by Gasteiger charge is 2.37. The Morgan fingerprint density at radius 1 is 1.59 bits per heavy atom. The predicted octanol–water partition coefficient (Wildman–Crippen LogP) is 2.03. The van der Waals surface area contributed by atoms with Crippen LogP contribution < -0.4 is 11.1 Å². The van der Waals surface area contributed by atoms with E-state index in [1.54, 1.807) is 18.2 Å². The second kappa shape index (κ2) is 4.55. The van der Waals surface area contributed by atoms with Crippen molar-refractivity contribution in [3.8, 4) is 0 Å². The van der Waals surface area contributed by atoms with Crippen LogP contribution in [0.3, 0.4) is 0 Å². The Morgan fingerprint density at radius 3 is 2.88 bits per heavy atom. The fourth-order valence-electron chi connectivity index (χ4n) is 1.51. The van der Waals surface area contributed by atoms with Gasteiger partial charge in [-0.1, -0.05) is 11.6 Å². The van der Waals surface area contributed by atoms with Gasteiger partial charge in [-0.3, -0.25) is 0 Å². The number of nitrogens with one attached hydrogen (secondary N) is 1. The van der Waals surface area contributed by atoms with Crippen LogP contribution in [0.5, 0.6) is 0 Å². The largest absolute Gasteiger partial charge is 0.465 e. The molecule has 0 aromatic heterocycles. The van der Waals surface area contributed by atoms with E-state index >= 15 is 0 Å². The SMILES string of the molecule is COC(=O)c1ccc(Cl)c(NCC2(N)CC2)c1. The second-order valence-electron chi connectivity index (χ2n) is 4.40. The molecule has 1 aromatic carbocycles. The molecule has 0 spiro atoms. The number of halogens is 1. The number of hydrogen-bond acceptors (Lipinski definition) is 4. The van der Waals surface area contributed by atoms with Crippen LogP contribution in [0.4, 0.5) is 5.69 Å². The van der Waals surface area contributed by atoms with Gasteiger partial charge in [0.15, 0.2) is 0 Å². The number of benzene rings is 1. The maximum atomic E-state index is 11.4. The van der Waals surface area contributed by atoms with Crippen LogP contribution in [0.1, 0.15) is 23.2 Å². The standard InChI is InChI=1S/C12H15ClN2O2/c1-17-11(16)8-2-3-9(13)10(6-8)15-7-12(14)4-5-12/h2-3,6,15H,4-5,7,14H2,1H3. The molecule has 1 saturated carbocycles. The van der Waals surface area contributed by atoms with Gasteiger partial charge < -0.3 is 15.8 Å². The Hall–Kier alpha value is -1.26. The van der Waals surface area contributed by atoms with Gasteiger partial charge in [0.1, 0.15) is 0 Å². The molecule has 1 fully saturated rings. The van der Waals surface area contributed by atoms with Gasteiger partial charge in [0.2, 0.25) is 0 Å². The third-order valence-corrected chi connectivity index (χ3v) is 3.24. The minimum Gasteiger partial charge on any atom is -0.465 e. The predicted molar refractivity (Wildman–Crippen MR) is 67.4 cm³/mol. The molecule has 0 heterocycles. The third-order valence-electron chi connectivity index (χ3n) is 2.91. The van der Waals surface area contributed by atoms with E-state index in [-0.39, 0.29) is 11.5 Å². The molecule has 0 atom stereocenters. The molecule has 1 aliphatic rings. The number of methoxy groups -OCH3 is 1. The quantitative estimate of drug-likeness (QED) is 0.807. The lowest BCUT2D eigenvalue weighted by Gasteiger charge is -2.13. The zero-order chi connectivity index (χ0) is 12.5. The van der Waals surface area contributed by atoms with E-state index < -0.39 is 0 Å². The minimum absolute atomic E-state index is 0.107. The first-order valence-electron chi connectivity index (χ1n) is 5.45. The molecule has 1 aromatic rings. The van der Waals surface area contributed by atoms with Gasteiger partial charge in [-0.05, 0) is 31.0 Å². The van der Waals surface area contributed by atoms with Crippen LogP contribution in [0.15, 0.2) is 18.2 Å². The fraction of sp³-hybridized carbons (Fsp3) is 0.417. The van der Waals surface area contributed by atoms with Crippen molar-refractivity contribution < 1.29 is 9.53 Å². The van der Waals surface area contributed by atoms with Crippen molar-refractivity contribution in [1.29, 1.82) is 0 Å². The summed E-state index contributed by atoms with van der Waals surface area (Å²) in [6, 6.07) is 4.99. The topological polar surface area (TPSA) is 64.3 Å². The van der Waals surface area contributed by atoms with Crippen molar-refractivity contribution in [2.24, 2.45) is 5.73 Å². The summed E-state index contributed by atoms with van der Waals surface area (Å²) in [4.78, 5) is 11.4. The van der Waals surface area contributed by atoms with Gasteiger partial charge in [0, 0.05) is 12.1 Å². The van der Waals surface area contributed by atoms with Crippen LogP contribution in [-0.4, -0.2) is 25.2 Å². The van der Waals surface area contributed by atoms with E-state index in [1.165, 1.54) is 7.11 Å². The number of rotatable bonds is 4. The Balaban J connectivity index is 2.11. The number of anilines is 1. The van der Waals surface area contributed by atoms with Crippen LogP contribution in [0.25, 0.3) is 0 Å². The number of nitrogens with two attached hydrogens (primary N) is 1. The molecule has 0 aliphatic heterocycles. The molecular formula is C12H15ClN2O2. The Morgan fingerprint density at radius 2 is 2.29 bits per heavy atom. The van der Waals surface area contributed by atoms with Gasteiger partial charge in [0.25, 0.3) is 0 Å². The number of carbonyl (C=O) groups is 1. The molecule has 0 unspecified atom stereocenters. The zero-order valence-electron chi connectivity index (χ0n) is 9.63. The Bertz CT molecular complexity index is 444. The van der Waals surface area contributed by atoms with Crippen molar-refractivity contribution >= 4 is 23.3 Å². The van der Waals surface area contributed by atoms with Crippen LogP contribution in [0.2, 0.25) is 5.02 Å². The second-order valence-corrected chi connectivity index (χ2v) is 4.81. The Labute approximate surface area is 105 Å². The molecular weight excluding hydrogens is 240 g/mol. The van der Waals surface area contributed by atoms with Crippen molar-refractivity contribution in [2.75, 3.05) is 19.0 Å². The maximum Gasteiger partial charge on any atom is 0.337 e. The smallest absolute Gasteiger partial charge is 0.337 e. The van der Waals surface area contributed by atoms with Crippen molar-refractivity contribution in [2.45, 2.75) is 18.4 Å². The number of hydrogen-bond donors (Lipinski definition) is 2. The summed E-state index contributed by atoms with van der Waals surface area (Å²) in [5.74, 6) is -0.376. The fourth-order valence-corrected chi connectivity index (χ4v) is 1.70. The minimum atomic E-state index is -0.376. The van der Waals surface area contributed by atoms with Crippen LogP contribution in [0, 0.1) is 0 Å². The average Bonchev–Trinajstić information content (AvgIpc) is 3.06. The molecule has 0 radical (unpaired) electrons. The molecule has 3 N–H and O–H groups in total. The summed E-state index contributed by atoms with van der Waals surface area (Å²) in [5.41, 5.74) is 7.05. The van der Waals surface area contributed by atoms with Crippen molar-refractivity contribution in [1.82, 2.24) is 0 Å². The number of esters is 1. The lowest BCUT2D eigenvalue weighted by molar-refractivity contribution is 0.0601. The molecule has 4 nitrogen and oxygen atoms in total. The molecule has 0 bridgehead atoms. The lowest BCUT2D eigenvalue weighted by atomic mass is 10.2. The number of ether oxygens (including phenoxy) is 1. The van der Waals surface area contributed by atoms with Gasteiger partial charge >= 0.3 is 5.97 Å². The normalized spacial score (nSPS) is 16.4. The van der Waals surface area contributed by atoms with E-state index in [0.29, 0.717) is 22.8 Å².